The summed E-state index contributed by atoms with van der Waals surface area (Å²) in [7, 11) is 0. The first-order valence-electron chi connectivity index (χ1n) is 8.77. The molecule has 0 aromatic heterocycles. The molecule has 7 heteroatoms. The number of piperazine rings is 1. The molecule has 2 aromatic rings. The van der Waals surface area contributed by atoms with Gasteiger partial charge in [0.1, 0.15) is 5.82 Å². The van der Waals surface area contributed by atoms with E-state index in [9.17, 15) is 14.0 Å². The predicted molar refractivity (Wildman–Crippen MR) is 95.5 cm³/mol. The van der Waals surface area contributed by atoms with Gasteiger partial charge in [0.2, 0.25) is 6.79 Å². The van der Waals surface area contributed by atoms with Gasteiger partial charge in [-0.3, -0.25) is 9.59 Å². The molecule has 2 amide bonds. The van der Waals surface area contributed by atoms with Crippen LogP contribution < -0.4 is 9.47 Å². The second-order valence-electron chi connectivity index (χ2n) is 6.62. The van der Waals surface area contributed by atoms with Gasteiger partial charge in [-0.15, -0.1) is 0 Å². The molecule has 0 bridgehead atoms. The Morgan fingerprint density at radius 3 is 2.04 bits per heavy atom. The number of fused-ring (bicyclic) bond motifs is 1. The van der Waals surface area contributed by atoms with Gasteiger partial charge in [0, 0.05) is 37.3 Å². The lowest BCUT2D eigenvalue weighted by molar-refractivity contribution is 0.0535. The van der Waals surface area contributed by atoms with Crippen LogP contribution in [0, 0.1) is 12.7 Å². The highest BCUT2D eigenvalue weighted by Gasteiger charge is 2.26. The van der Waals surface area contributed by atoms with E-state index in [1.165, 1.54) is 12.1 Å². The smallest absolute Gasteiger partial charge is 0.254 e. The summed E-state index contributed by atoms with van der Waals surface area (Å²) < 4.78 is 24.0. The third-order valence-corrected chi connectivity index (χ3v) is 4.88. The van der Waals surface area contributed by atoms with Crippen LogP contribution in [0.3, 0.4) is 0 Å². The molecule has 2 aromatic carbocycles. The minimum Gasteiger partial charge on any atom is -0.454 e. The monoisotopic (exact) mass is 370 g/mol. The highest BCUT2D eigenvalue weighted by molar-refractivity contribution is 5.96. The molecule has 0 saturated carbocycles. The van der Waals surface area contributed by atoms with Crippen molar-refractivity contribution in [3.05, 3.63) is 58.9 Å². The van der Waals surface area contributed by atoms with Gasteiger partial charge in [-0.2, -0.15) is 0 Å². The fraction of sp³-hybridized carbons (Fsp3) is 0.300. The van der Waals surface area contributed by atoms with Crippen LogP contribution in [0.4, 0.5) is 4.39 Å². The van der Waals surface area contributed by atoms with Gasteiger partial charge in [-0.25, -0.2) is 4.39 Å². The predicted octanol–water partition coefficient (Wildman–Crippen LogP) is 2.46. The first kappa shape index (κ1) is 17.3. The molecule has 0 spiro atoms. The molecule has 4 rings (SSSR count). The van der Waals surface area contributed by atoms with Crippen LogP contribution >= 0.6 is 0 Å². The highest BCUT2D eigenvalue weighted by Crippen LogP contribution is 2.32. The fourth-order valence-electron chi connectivity index (χ4n) is 3.29. The number of hydrogen-bond donors (Lipinski definition) is 0. The number of benzene rings is 2. The van der Waals surface area contributed by atoms with Gasteiger partial charge >= 0.3 is 0 Å². The van der Waals surface area contributed by atoms with Crippen LogP contribution in [0.2, 0.25) is 0 Å². The first-order valence-corrected chi connectivity index (χ1v) is 8.77. The summed E-state index contributed by atoms with van der Waals surface area (Å²) in [5, 5.41) is 0. The third-order valence-electron chi connectivity index (χ3n) is 4.88. The van der Waals surface area contributed by atoms with Gasteiger partial charge < -0.3 is 19.3 Å². The van der Waals surface area contributed by atoms with Crippen LogP contribution in [0.25, 0.3) is 0 Å². The molecular formula is C20H19FN2O4. The maximum atomic E-state index is 13.4. The van der Waals surface area contributed by atoms with Crippen molar-refractivity contribution in [2.75, 3.05) is 33.0 Å². The molecule has 2 heterocycles. The van der Waals surface area contributed by atoms with Crippen molar-refractivity contribution in [3.63, 3.8) is 0 Å². The van der Waals surface area contributed by atoms with Gasteiger partial charge in [0.25, 0.3) is 11.8 Å². The molecular weight excluding hydrogens is 351 g/mol. The Hall–Kier alpha value is -3.09. The van der Waals surface area contributed by atoms with E-state index >= 15 is 0 Å². The lowest BCUT2D eigenvalue weighted by Gasteiger charge is -2.35. The Morgan fingerprint density at radius 2 is 1.41 bits per heavy atom. The topological polar surface area (TPSA) is 59.1 Å². The average molecular weight is 370 g/mol. The molecule has 0 N–H and O–H groups in total. The van der Waals surface area contributed by atoms with E-state index in [0.29, 0.717) is 54.4 Å². The second kappa shape index (κ2) is 6.90. The Morgan fingerprint density at radius 1 is 0.852 bits per heavy atom. The minimum atomic E-state index is -0.328. The molecule has 2 aliphatic heterocycles. The van der Waals surface area contributed by atoms with E-state index in [4.69, 9.17) is 9.47 Å². The fourth-order valence-corrected chi connectivity index (χ4v) is 3.29. The zero-order valence-corrected chi connectivity index (χ0v) is 14.9. The number of nitrogens with zero attached hydrogens (tertiary/aromatic N) is 2. The van der Waals surface area contributed by atoms with E-state index in [0.717, 1.165) is 0 Å². The minimum absolute atomic E-state index is 0.0991. The Kier molecular flexibility index (Phi) is 4.43. The summed E-state index contributed by atoms with van der Waals surface area (Å²) in [6.45, 7) is 3.56. The number of carbonyl (C=O) groups excluding carboxylic acids is 2. The van der Waals surface area contributed by atoms with Crippen LogP contribution in [0.1, 0.15) is 26.3 Å². The molecule has 140 valence electrons. The van der Waals surface area contributed by atoms with Gasteiger partial charge in [0.15, 0.2) is 11.5 Å². The Labute approximate surface area is 156 Å². The summed E-state index contributed by atoms with van der Waals surface area (Å²) in [6.07, 6.45) is 0. The molecule has 2 aliphatic rings. The van der Waals surface area contributed by atoms with Crippen molar-refractivity contribution in [3.8, 4) is 11.5 Å². The molecule has 1 fully saturated rings. The number of halogens is 1. The Bertz CT molecular complexity index is 907. The van der Waals surface area contributed by atoms with Gasteiger partial charge in [0.05, 0.1) is 0 Å². The number of amides is 2. The van der Waals surface area contributed by atoms with Crippen molar-refractivity contribution < 1.29 is 23.5 Å². The van der Waals surface area contributed by atoms with E-state index in [1.54, 1.807) is 41.0 Å². The molecule has 0 unspecified atom stereocenters. The van der Waals surface area contributed by atoms with E-state index in [2.05, 4.69) is 0 Å². The number of hydrogen-bond acceptors (Lipinski definition) is 4. The zero-order chi connectivity index (χ0) is 19.0. The summed E-state index contributed by atoms with van der Waals surface area (Å²) >= 11 is 0. The second-order valence-corrected chi connectivity index (χ2v) is 6.62. The lowest BCUT2D eigenvalue weighted by Crippen LogP contribution is -2.50. The van der Waals surface area contributed by atoms with Crippen LogP contribution in [0.15, 0.2) is 36.4 Å². The van der Waals surface area contributed by atoms with Crippen LogP contribution in [-0.4, -0.2) is 54.6 Å². The van der Waals surface area contributed by atoms with Crippen molar-refractivity contribution in [2.24, 2.45) is 0 Å². The molecule has 0 atom stereocenters. The maximum Gasteiger partial charge on any atom is 0.254 e. The van der Waals surface area contributed by atoms with E-state index < -0.39 is 0 Å². The first-order chi connectivity index (χ1) is 13.0. The molecule has 0 aliphatic carbocycles. The normalized spacial score (nSPS) is 15.8. The molecule has 0 radical (unpaired) electrons. The SMILES string of the molecule is Cc1cc(C(=O)N2CCN(C(=O)c3ccc4c(c3)OCO4)CC2)ccc1F. The quantitative estimate of drug-likeness (QED) is 0.815. The van der Waals surface area contributed by atoms with Crippen molar-refractivity contribution >= 4 is 11.8 Å². The van der Waals surface area contributed by atoms with E-state index in [-0.39, 0.29) is 24.4 Å². The average Bonchev–Trinajstić information content (AvgIpc) is 3.17. The highest BCUT2D eigenvalue weighted by atomic mass is 19.1. The molecule has 1 saturated heterocycles. The molecule has 27 heavy (non-hydrogen) atoms. The number of carbonyl (C=O) groups is 2. The van der Waals surface area contributed by atoms with Crippen molar-refractivity contribution in [1.82, 2.24) is 9.80 Å². The van der Waals surface area contributed by atoms with E-state index in [1.807, 2.05) is 0 Å². The summed E-state index contributed by atoms with van der Waals surface area (Å²) in [5.41, 5.74) is 1.44. The number of rotatable bonds is 2. The number of ether oxygens (including phenoxy) is 2. The Balaban J connectivity index is 1.40. The summed E-state index contributed by atoms with van der Waals surface area (Å²) in [4.78, 5) is 28.7. The standard InChI is InChI=1S/C20H19FN2O4/c1-13-10-14(2-4-16(13)21)19(24)22-6-8-23(9-7-22)20(25)15-3-5-17-18(11-15)27-12-26-17/h2-5,10-11H,6-9,12H2,1H3. The zero-order valence-electron chi connectivity index (χ0n) is 14.9. The summed E-state index contributed by atoms with van der Waals surface area (Å²) in [6, 6.07) is 9.49. The van der Waals surface area contributed by atoms with Gasteiger partial charge in [-0.05, 0) is 48.9 Å². The largest absolute Gasteiger partial charge is 0.454 e. The van der Waals surface area contributed by atoms with Crippen LogP contribution in [-0.2, 0) is 0 Å². The maximum absolute atomic E-state index is 13.4. The third kappa shape index (κ3) is 3.32. The van der Waals surface area contributed by atoms with Crippen LogP contribution in [0.5, 0.6) is 11.5 Å². The van der Waals surface area contributed by atoms with Crippen molar-refractivity contribution in [1.29, 1.82) is 0 Å². The number of aryl methyl sites for hydroxylation is 1. The van der Waals surface area contributed by atoms with Crippen molar-refractivity contribution in [2.45, 2.75) is 6.92 Å². The molecule has 6 nitrogen and oxygen atoms in total. The summed E-state index contributed by atoms with van der Waals surface area (Å²) in [5.74, 6) is 0.634. The lowest BCUT2D eigenvalue weighted by atomic mass is 10.1. The van der Waals surface area contributed by atoms with Gasteiger partial charge in [-0.1, -0.05) is 0 Å².